The Hall–Kier alpha value is -1.34. The number of amides is 1. The minimum absolute atomic E-state index is 0.0185. The molecule has 1 aromatic heterocycles. The molecular formula is C13H23N5OS. The van der Waals surface area contributed by atoms with E-state index >= 15 is 0 Å². The second-order valence-corrected chi connectivity index (χ2v) is 6.08. The SMILES string of the molecule is CCNc1nc(N)c(C(=O)N2CCCC(CNC)C2)s1. The van der Waals surface area contributed by atoms with E-state index in [1.54, 1.807) is 0 Å². The fourth-order valence-electron chi connectivity index (χ4n) is 2.56. The molecule has 1 fully saturated rings. The second kappa shape index (κ2) is 6.90. The molecule has 1 aromatic rings. The molecule has 2 heterocycles. The van der Waals surface area contributed by atoms with Crippen LogP contribution in [-0.4, -0.2) is 49.0 Å². The highest BCUT2D eigenvalue weighted by molar-refractivity contribution is 7.18. The number of hydrogen-bond donors (Lipinski definition) is 3. The van der Waals surface area contributed by atoms with E-state index in [4.69, 9.17) is 5.73 Å². The number of carbonyl (C=O) groups excluding carboxylic acids is 1. The molecule has 20 heavy (non-hydrogen) atoms. The summed E-state index contributed by atoms with van der Waals surface area (Å²) in [4.78, 5) is 19.2. The van der Waals surface area contributed by atoms with Crippen molar-refractivity contribution >= 4 is 28.2 Å². The average Bonchev–Trinajstić information content (AvgIpc) is 2.80. The van der Waals surface area contributed by atoms with Crippen LogP contribution in [0.1, 0.15) is 29.4 Å². The summed E-state index contributed by atoms with van der Waals surface area (Å²) in [7, 11) is 1.95. The van der Waals surface area contributed by atoms with Gasteiger partial charge in [-0.15, -0.1) is 0 Å². The zero-order valence-electron chi connectivity index (χ0n) is 12.1. The van der Waals surface area contributed by atoms with Crippen LogP contribution in [-0.2, 0) is 0 Å². The fourth-order valence-corrected chi connectivity index (χ4v) is 3.48. The van der Waals surface area contributed by atoms with Crippen LogP contribution in [0.25, 0.3) is 0 Å². The third-order valence-electron chi connectivity index (χ3n) is 3.47. The minimum atomic E-state index is 0.0185. The Bertz CT molecular complexity index is 460. The van der Waals surface area contributed by atoms with Crippen molar-refractivity contribution < 1.29 is 4.79 Å². The molecule has 4 N–H and O–H groups in total. The van der Waals surface area contributed by atoms with Gasteiger partial charge in [0.05, 0.1) is 0 Å². The van der Waals surface area contributed by atoms with Crippen LogP contribution in [0.5, 0.6) is 0 Å². The first-order valence-corrected chi connectivity index (χ1v) is 7.91. The molecule has 1 atom stereocenters. The van der Waals surface area contributed by atoms with Gasteiger partial charge in [0.2, 0.25) is 0 Å². The summed E-state index contributed by atoms with van der Waals surface area (Å²) < 4.78 is 0. The summed E-state index contributed by atoms with van der Waals surface area (Å²) in [5.74, 6) is 0.886. The maximum Gasteiger partial charge on any atom is 0.267 e. The lowest BCUT2D eigenvalue weighted by atomic mass is 9.98. The van der Waals surface area contributed by atoms with Crippen molar-refractivity contribution in [3.8, 4) is 0 Å². The minimum Gasteiger partial charge on any atom is -0.382 e. The van der Waals surface area contributed by atoms with E-state index in [2.05, 4.69) is 15.6 Å². The maximum atomic E-state index is 12.6. The predicted molar refractivity (Wildman–Crippen MR) is 83.2 cm³/mol. The highest BCUT2D eigenvalue weighted by Crippen LogP contribution is 2.28. The van der Waals surface area contributed by atoms with E-state index in [1.807, 2.05) is 18.9 Å². The zero-order valence-corrected chi connectivity index (χ0v) is 12.9. The summed E-state index contributed by atoms with van der Waals surface area (Å²) in [5.41, 5.74) is 5.87. The molecule has 1 amide bonds. The van der Waals surface area contributed by atoms with Crippen molar-refractivity contribution in [3.05, 3.63) is 4.88 Å². The Labute approximate surface area is 123 Å². The molecule has 2 rings (SSSR count). The molecule has 6 nitrogen and oxygen atoms in total. The molecule has 0 spiro atoms. The predicted octanol–water partition coefficient (Wildman–Crippen LogP) is 1.23. The van der Waals surface area contributed by atoms with Crippen LogP contribution in [0.2, 0.25) is 0 Å². The number of nitrogen functional groups attached to an aromatic ring is 1. The van der Waals surface area contributed by atoms with Crippen molar-refractivity contribution in [2.75, 3.05) is 44.3 Å². The lowest BCUT2D eigenvalue weighted by Gasteiger charge is -2.32. The van der Waals surface area contributed by atoms with Crippen molar-refractivity contribution in [2.24, 2.45) is 5.92 Å². The highest BCUT2D eigenvalue weighted by Gasteiger charge is 2.27. The van der Waals surface area contributed by atoms with E-state index in [-0.39, 0.29) is 5.91 Å². The maximum absolute atomic E-state index is 12.6. The lowest BCUT2D eigenvalue weighted by molar-refractivity contribution is 0.0680. The standard InChI is InChI=1S/C13H23N5OS/c1-3-16-13-17-11(14)10(20-13)12(19)18-6-4-5-9(8-18)7-15-2/h9,15H,3-8,14H2,1-2H3,(H,16,17). The summed E-state index contributed by atoms with van der Waals surface area (Å²) in [6.45, 7) is 5.33. The molecule has 0 bridgehead atoms. The van der Waals surface area contributed by atoms with Crippen LogP contribution < -0.4 is 16.4 Å². The number of piperidine rings is 1. The number of aromatic nitrogens is 1. The van der Waals surface area contributed by atoms with Crippen molar-refractivity contribution in [3.63, 3.8) is 0 Å². The molecule has 0 radical (unpaired) electrons. The third-order valence-corrected chi connectivity index (χ3v) is 4.49. The normalized spacial score (nSPS) is 19.1. The zero-order chi connectivity index (χ0) is 14.5. The Morgan fingerprint density at radius 1 is 1.60 bits per heavy atom. The van der Waals surface area contributed by atoms with E-state index < -0.39 is 0 Å². The topological polar surface area (TPSA) is 83.3 Å². The number of hydrogen-bond acceptors (Lipinski definition) is 6. The van der Waals surface area contributed by atoms with Crippen LogP contribution in [0.15, 0.2) is 0 Å². The van der Waals surface area contributed by atoms with Crippen LogP contribution in [0.4, 0.5) is 10.9 Å². The van der Waals surface area contributed by atoms with Crippen molar-refractivity contribution in [2.45, 2.75) is 19.8 Å². The summed E-state index contributed by atoms with van der Waals surface area (Å²) >= 11 is 1.35. The fraction of sp³-hybridized carbons (Fsp3) is 0.692. The van der Waals surface area contributed by atoms with Crippen molar-refractivity contribution in [1.29, 1.82) is 0 Å². The van der Waals surface area contributed by atoms with Gasteiger partial charge in [-0.3, -0.25) is 4.79 Å². The largest absolute Gasteiger partial charge is 0.382 e. The van der Waals surface area contributed by atoms with Gasteiger partial charge in [-0.05, 0) is 39.3 Å². The third kappa shape index (κ3) is 3.40. The molecule has 1 unspecified atom stereocenters. The number of thiazole rings is 1. The number of likely N-dealkylation sites (tertiary alicyclic amines) is 1. The summed E-state index contributed by atoms with van der Waals surface area (Å²) in [6, 6.07) is 0. The van der Waals surface area contributed by atoms with E-state index in [9.17, 15) is 4.79 Å². The number of nitrogens with zero attached hydrogens (tertiary/aromatic N) is 2. The number of nitrogens with two attached hydrogens (primary N) is 1. The van der Waals surface area contributed by atoms with Gasteiger partial charge in [-0.2, -0.15) is 0 Å². The first-order valence-electron chi connectivity index (χ1n) is 7.09. The summed E-state index contributed by atoms with van der Waals surface area (Å²) in [5, 5.41) is 7.01. The molecule has 0 saturated carbocycles. The average molecular weight is 297 g/mol. The van der Waals surface area contributed by atoms with Gasteiger partial charge in [-0.25, -0.2) is 4.98 Å². The van der Waals surface area contributed by atoms with Gasteiger partial charge in [0, 0.05) is 19.6 Å². The van der Waals surface area contributed by atoms with Crippen LogP contribution in [0.3, 0.4) is 0 Å². The Kier molecular flexibility index (Phi) is 5.19. The quantitative estimate of drug-likeness (QED) is 0.761. The molecular weight excluding hydrogens is 274 g/mol. The molecule has 0 aromatic carbocycles. The lowest BCUT2D eigenvalue weighted by Crippen LogP contribution is -2.42. The Balaban J connectivity index is 2.06. The first kappa shape index (κ1) is 15.1. The van der Waals surface area contributed by atoms with Crippen LogP contribution in [0, 0.1) is 5.92 Å². The molecule has 0 aliphatic carbocycles. The first-order chi connectivity index (χ1) is 9.65. The number of nitrogens with one attached hydrogen (secondary N) is 2. The molecule has 1 aliphatic heterocycles. The van der Waals surface area contributed by atoms with Gasteiger partial charge >= 0.3 is 0 Å². The Morgan fingerprint density at radius 2 is 2.40 bits per heavy atom. The van der Waals surface area contributed by atoms with Crippen molar-refractivity contribution in [1.82, 2.24) is 15.2 Å². The van der Waals surface area contributed by atoms with Gasteiger partial charge in [0.15, 0.2) is 5.13 Å². The van der Waals surface area contributed by atoms with Gasteiger partial charge in [0.1, 0.15) is 10.7 Å². The summed E-state index contributed by atoms with van der Waals surface area (Å²) in [6.07, 6.45) is 2.22. The smallest absolute Gasteiger partial charge is 0.267 e. The molecule has 1 saturated heterocycles. The monoisotopic (exact) mass is 297 g/mol. The number of carbonyl (C=O) groups is 1. The van der Waals surface area contributed by atoms with Gasteiger partial charge < -0.3 is 21.3 Å². The number of anilines is 2. The number of rotatable bonds is 5. The molecule has 7 heteroatoms. The van der Waals surface area contributed by atoms with Gasteiger partial charge in [0.25, 0.3) is 5.91 Å². The van der Waals surface area contributed by atoms with Gasteiger partial charge in [-0.1, -0.05) is 11.3 Å². The highest BCUT2D eigenvalue weighted by atomic mass is 32.1. The second-order valence-electron chi connectivity index (χ2n) is 5.08. The molecule has 1 aliphatic rings. The van der Waals surface area contributed by atoms with E-state index in [0.717, 1.165) is 37.7 Å². The van der Waals surface area contributed by atoms with Crippen LogP contribution >= 0.6 is 11.3 Å². The van der Waals surface area contributed by atoms with E-state index in [0.29, 0.717) is 16.6 Å². The molecule has 112 valence electrons. The Morgan fingerprint density at radius 3 is 3.10 bits per heavy atom. The van der Waals surface area contributed by atoms with E-state index in [1.165, 1.54) is 17.8 Å².